The SMILES string of the molecule is CN(CC1(O)CCCC1)C(=O)CSc1ccccc1F. The maximum Gasteiger partial charge on any atom is 0.232 e. The molecule has 0 radical (unpaired) electrons. The second-order valence-corrected chi connectivity index (χ2v) is 6.42. The van der Waals surface area contributed by atoms with E-state index in [9.17, 15) is 14.3 Å². The lowest BCUT2D eigenvalue weighted by Gasteiger charge is -2.28. The van der Waals surface area contributed by atoms with Crippen LogP contribution in [0.15, 0.2) is 29.2 Å². The van der Waals surface area contributed by atoms with Gasteiger partial charge in [0.15, 0.2) is 0 Å². The third-order valence-corrected chi connectivity index (χ3v) is 4.71. The Hall–Kier alpha value is -1.07. The van der Waals surface area contributed by atoms with Gasteiger partial charge in [-0.05, 0) is 25.0 Å². The van der Waals surface area contributed by atoms with Crippen molar-refractivity contribution in [3.63, 3.8) is 0 Å². The Morgan fingerprint density at radius 1 is 1.40 bits per heavy atom. The van der Waals surface area contributed by atoms with Crippen LogP contribution < -0.4 is 0 Å². The minimum atomic E-state index is -0.729. The Bertz CT molecular complexity index is 475. The lowest BCUT2D eigenvalue weighted by molar-refractivity contribution is -0.130. The summed E-state index contributed by atoms with van der Waals surface area (Å²) < 4.78 is 13.4. The Morgan fingerprint density at radius 2 is 2.05 bits per heavy atom. The molecule has 0 aromatic heterocycles. The Labute approximate surface area is 123 Å². The van der Waals surface area contributed by atoms with E-state index in [0.717, 1.165) is 25.7 Å². The molecule has 20 heavy (non-hydrogen) atoms. The number of hydrogen-bond donors (Lipinski definition) is 1. The predicted octanol–water partition coefficient (Wildman–Crippen LogP) is 2.68. The molecule has 0 saturated heterocycles. The fourth-order valence-electron chi connectivity index (χ4n) is 2.53. The van der Waals surface area contributed by atoms with Crippen LogP contribution in [0.3, 0.4) is 0 Å². The third-order valence-electron chi connectivity index (χ3n) is 3.68. The van der Waals surface area contributed by atoms with Gasteiger partial charge in [0.05, 0.1) is 11.4 Å². The average molecular weight is 297 g/mol. The van der Waals surface area contributed by atoms with Gasteiger partial charge >= 0.3 is 0 Å². The van der Waals surface area contributed by atoms with Gasteiger partial charge in [-0.1, -0.05) is 25.0 Å². The number of nitrogens with zero attached hydrogens (tertiary/aromatic N) is 1. The molecule has 0 atom stereocenters. The first-order chi connectivity index (χ1) is 9.50. The van der Waals surface area contributed by atoms with Crippen molar-refractivity contribution in [2.24, 2.45) is 0 Å². The van der Waals surface area contributed by atoms with Crippen molar-refractivity contribution in [2.75, 3.05) is 19.3 Å². The third kappa shape index (κ3) is 3.96. The van der Waals surface area contributed by atoms with E-state index in [1.165, 1.54) is 17.8 Å². The maximum atomic E-state index is 13.4. The van der Waals surface area contributed by atoms with Crippen molar-refractivity contribution in [1.82, 2.24) is 4.90 Å². The number of benzene rings is 1. The molecule has 0 unspecified atom stereocenters. The Kier molecular flexibility index (Phi) is 5.05. The molecule has 1 fully saturated rings. The summed E-state index contributed by atoms with van der Waals surface area (Å²) in [6.45, 7) is 0.365. The van der Waals surface area contributed by atoms with E-state index < -0.39 is 5.60 Å². The number of aliphatic hydroxyl groups is 1. The highest BCUT2D eigenvalue weighted by Crippen LogP contribution is 2.30. The molecule has 3 nitrogen and oxygen atoms in total. The molecular formula is C15H20FNO2S. The summed E-state index contributed by atoms with van der Waals surface area (Å²) in [5, 5.41) is 10.3. The van der Waals surface area contributed by atoms with E-state index in [4.69, 9.17) is 0 Å². The van der Waals surface area contributed by atoms with Gasteiger partial charge in [-0.15, -0.1) is 11.8 Å². The second kappa shape index (κ2) is 6.59. The first kappa shape index (κ1) is 15.3. The van der Waals surface area contributed by atoms with Gasteiger partial charge in [0, 0.05) is 18.5 Å². The normalized spacial score (nSPS) is 17.1. The summed E-state index contributed by atoms with van der Waals surface area (Å²) in [7, 11) is 1.69. The summed E-state index contributed by atoms with van der Waals surface area (Å²) in [4.78, 5) is 14.1. The molecule has 110 valence electrons. The number of halogens is 1. The molecule has 1 N–H and O–H groups in total. The predicted molar refractivity (Wildman–Crippen MR) is 78.2 cm³/mol. The van der Waals surface area contributed by atoms with Crippen molar-refractivity contribution in [3.05, 3.63) is 30.1 Å². The van der Waals surface area contributed by atoms with Crippen molar-refractivity contribution >= 4 is 17.7 Å². The van der Waals surface area contributed by atoms with E-state index >= 15 is 0 Å². The molecule has 0 bridgehead atoms. The van der Waals surface area contributed by atoms with Gasteiger partial charge in [-0.25, -0.2) is 4.39 Å². The highest BCUT2D eigenvalue weighted by molar-refractivity contribution is 8.00. The van der Waals surface area contributed by atoms with Gasteiger partial charge in [-0.2, -0.15) is 0 Å². The second-order valence-electron chi connectivity index (χ2n) is 5.40. The van der Waals surface area contributed by atoms with Crippen LogP contribution in [0.25, 0.3) is 0 Å². The molecule has 1 aliphatic carbocycles. The van der Waals surface area contributed by atoms with Crippen molar-refractivity contribution in [1.29, 1.82) is 0 Å². The summed E-state index contributed by atoms with van der Waals surface area (Å²) in [6.07, 6.45) is 3.54. The fraction of sp³-hybridized carbons (Fsp3) is 0.533. The molecule has 0 spiro atoms. The van der Waals surface area contributed by atoms with Crippen LogP contribution in [0.2, 0.25) is 0 Å². The van der Waals surface area contributed by atoms with Crippen LogP contribution in [-0.2, 0) is 4.79 Å². The van der Waals surface area contributed by atoms with Crippen LogP contribution in [-0.4, -0.2) is 40.9 Å². The van der Waals surface area contributed by atoms with Crippen molar-refractivity contribution in [3.8, 4) is 0 Å². The molecule has 0 heterocycles. The molecule has 1 aromatic rings. The van der Waals surface area contributed by atoms with Crippen LogP contribution in [0, 0.1) is 5.82 Å². The molecule has 0 aliphatic heterocycles. The first-order valence-corrected chi connectivity index (χ1v) is 7.82. The monoisotopic (exact) mass is 297 g/mol. The zero-order valence-electron chi connectivity index (χ0n) is 11.6. The molecule has 1 aromatic carbocycles. The molecular weight excluding hydrogens is 277 g/mol. The number of thioether (sulfide) groups is 1. The lowest BCUT2D eigenvalue weighted by Crippen LogP contribution is -2.42. The van der Waals surface area contributed by atoms with E-state index in [-0.39, 0.29) is 17.5 Å². The number of hydrogen-bond acceptors (Lipinski definition) is 3. The first-order valence-electron chi connectivity index (χ1n) is 6.84. The van der Waals surface area contributed by atoms with Gasteiger partial charge < -0.3 is 10.0 Å². The molecule has 5 heteroatoms. The Balaban J connectivity index is 1.84. The molecule has 2 rings (SSSR count). The number of carbonyl (C=O) groups is 1. The topological polar surface area (TPSA) is 40.5 Å². The Morgan fingerprint density at radius 3 is 2.70 bits per heavy atom. The highest BCUT2D eigenvalue weighted by atomic mass is 32.2. The summed E-state index contributed by atoms with van der Waals surface area (Å²) in [5.41, 5.74) is -0.729. The summed E-state index contributed by atoms with van der Waals surface area (Å²) >= 11 is 1.19. The fourth-order valence-corrected chi connectivity index (χ4v) is 3.41. The van der Waals surface area contributed by atoms with E-state index in [1.807, 2.05) is 0 Å². The minimum absolute atomic E-state index is 0.0846. The minimum Gasteiger partial charge on any atom is -0.388 e. The van der Waals surface area contributed by atoms with E-state index in [0.29, 0.717) is 11.4 Å². The average Bonchev–Trinajstić information content (AvgIpc) is 2.84. The molecule has 1 aliphatic rings. The van der Waals surface area contributed by atoms with Crippen LogP contribution in [0.1, 0.15) is 25.7 Å². The van der Waals surface area contributed by atoms with Crippen LogP contribution >= 0.6 is 11.8 Å². The van der Waals surface area contributed by atoms with Crippen LogP contribution in [0.4, 0.5) is 4.39 Å². The molecule has 1 saturated carbocycles. The maximum absolute atomic E-state index is 13.4. The zero-order chi connectivity index (χ0) is 14.6. The highest BCUT2D eigenvalue weighted by Gasteiger charge is 2.33. The zero-order valence-corrected chi connectivity index (χ0v) is 12.5. The lowest BCUT2D eigenvalue weighted by atomic mass is 10.0. The van der Waals surface area contributed by atoms with Crippen molar-refractivity contribution < 1.29 is 14.3 Å². The summed E-state index contributed by atoms with van der Waals surface area (Å²) in [6, 6.07) is 6.43. The van der Waals surface area contributed by atoms with Gasteiger partial charge in [0.1, 0.15) is 5.82 Å². The number of amides is 1. The van der Waals surface area contributed by atoms with Gasteiger partial charge in [0.2, 0.25) is 5.91 Å². The summed E-state index contributed by atoms with van der Waals surface area (Å²) in [5.74, 6) is -0.200. The standard InChI is InChI=1S/C15H20FNO2S/c1-17(11-15(19)8-4-5-9-15)14(18)10-20-13-7-3-2-6-12(13)16/h2-3,6-7,19H,4-5,8-11H2,1H3. The van der Waals surface area contributed by atoms with Crippen LogP contribution in [0.5, 0.6) is 0 Å². The van der Waals surface area contributed by atoms with Gasteiger partial charge in [0.25, 0.3) is 0 Å². The number of carbonyl (C=O) groups excluding carboxylic acids is 1. The van der Waals surface area contributed by atoms with E-state index in [1.54, 1.807) is 30.1 Å². The smallest absolute Gasteiger partial charge is 0.232 e. The largest absolute Gasteiger partial charge is 0.388 e. The van der Waals surface area contributed by atoms with E-state index in [2.05, 4.69) is 0 Å². The van der Waals surface area contributed by atoms with Crippen molar-refractivity contribution in [2.45, 2.75) is 36.2 Å². The van der Waals surface area contributed by atoms with Gasteiger partial charge in [-0.3, -0.25) is 4.79 Å². The number of likely N-dealkylation sites (N-methyl/N-ethyl adjacent to an activating group) is 1. The quantitative estimate of drug-likeness (QED) is 0.850. The number of rotatable bonds is 5. The molecule has 1 amide bonds.